The largest absolute Gasteiger partial charge is 0.460 e. The van der Waals surface area contributed by atoms with Gasteiger partial charge in [0.15, 0.2) is 6.23 Å². The molecule has 1 aromatic heterocycles. The number of aliphatic hydroxyl groups excluding tert-OH is 2. The number of alkyl halides is 17. The third-order valence-corrected chi connectivity index (χ3v) is 9.60. The normalized spacial score (nSPS) is 20.2. The zero-order valence-electron chi connectivity index (χ0n) is 29.7. The number of alkyl carbamates (subject to hydrolysis) is 1. The average Bonchev–Trinajstić information content (AvgIpc) is 3.42. The van der Waals surface area contributed by atoms with Crippen LogP contribution in [0.5, 0.6) is 0 Å². The molecule has 352 valence electrons. The van der Waals surface area contributed by atoms with Gasteiger partial charge in [-0.15, -0.1) is 0 Å². The predicted octanol–water partition coefficient (Wildman–Crippen LogP) is 7.64. The van der Waals surface area contributed by atoms with Crippen LogP contribution in [-0.2, 0) is 31.6 Å². The fourth-order valence-corrected chi connectivity index (χ4v) is 5.71. The van der Waals surface area contributed by atoms with E-state index in [-0.39, 0.29) is 11.1 Å². The molecule has 1 aromatic carbocycles. The molecule has 32 heteroatoms. The number of aromatic nitrogens is 2. The van der Waals surface area contributed by atoms with Gasteiger partial charge in [0, 0.05) is 19.2 Å². The van der Waals surface area contributed by atoms with Crippen LogP contribution in [0.4, 0.5) is 79.4 Å². The Morgan fingerprint density at radius 3 is 1.82 bits per heavy atom. The Labute approximate surface area is 342 Å². The van der Waals surface area contributed by atoms with Crippen molar-refractivity contribution < 1.29 is 108 Å². The number of aryl methyl sites for hydroxylation is 1. The van der Waals surface area contributed by atoms with Gasteiger partial charge < -0.3 is 29.5 Å². The third kappa shape index (κ3) is 10.3. The first-order valence-corrected chi connectivity index (χ1v) is 19.7. The van der Waals surface area contributed by atoms with Crippen molar-refractivity contribution in [2.45, 2.75) is 91.6 Å². The van der Waals surface area contributed by atoms with Gasteiger partial charge in [-0.1, -0.05) is 36.4 Å². The molecule has 0 spiro atoms. The van der Waals surface area contributed by atoms with Crippen LogP contribution in [-0.4, -0.2) is 105 Å². The highest BCUT2D eigenvalue weighted by Gasteiger charge is 2.95. The highest BCUT2D eigenvalue weighted by Crippen LogP contribution is 2.64. The van der Waals surface area contributed by atoms with Crippen molar-refractivity contribution in [1.29, 1.82) is 0 Å². The van der Waals surface area contributed by atoms with E-state index in [1.807, 2.05) is 4.98 Å². The molecule has 1 fully saturated rings. The van der Waals surface area contributed by atoms with E-state index < -0.39 is 134 Å². The summed E-state index contributed by atoms with van der Waals surface area (Å²) >= 11 is 10.5. The maximum absolute atomic E-state index is 14.3. The lowest BCUT2D eigenvalue weighted by molar-refractivity contribution is -0.461. The van der Waals surface area contributed by atoms with Gasteiger partial charge in [0.1, 0.15) is 24.9 Å². The van der Waals surface area contributed by atoms with Gasteiger partial charge in [-0.25, -0.2) is 9.59 Å². The number of hydrogen-bond donors (Lipinski definition) is 4. The minimum Gasteiger partial charge on any atom is -0.445 e. The molecule has 4 N–H and O–H groups in total. The number of rotatable bonds is 18. The van der Waals surface area contributed by atoms with Gasteiger partial charge in [0.2, 0.25) is 0 Å². The number of nitrogens with one attached hydrogen (secondary N) is 2. The maximum Gasteiger partial charge on any atom is 0.460 e. The summed E-state index contributed by atoms with van der Waals surface area (Å²) in [5, 5.41) is 22.7. The Morgan fingerprint density at radius 1 is 0.806 bits per heavy atom. The summed E-state index contributed by atoms with van der Waals surface area (Å²) < 4.78 is 256. The molecule has 0 bridgehead atoms. The molecule has 0 saturated carbocycles. The Kier molecular flexibility index (Phi) is 15.4. The van der Waals surface area contributed by atoms with E-state index in [1.54, 1.807) is 0 Å². The Morgan fingerprint density at radius 2 is 1.31 bits per heavy atom. The van der Waals surface area contributed by atoms with Crippen molar-refractivity contribution in [3.63, 3.8) is 0 Å². The first-order chi connectivity index (χ1) is 27.9. The number of aromatic amines is 1. The van der Waals surface area contributed by atoms with Crippen LogP contribution >= 0.6 is 28.6 Å². The van der Waals surface area contributed by atoms with Gasteiger partial charge >= 0.3 is 65.5 Å². The second-order valence-corrected chi connectivity index (χ2v) is 17.1. The smallest absolute Gasteiger partial charge is 0.445 e. The molecule has 0 unspecified atom stereocenters. The second-order valence-electron chi connectivity index (χ2n) is 12.8. The van der Waals surface area contributed by atoms with Crippen molar-refractivity contribution in [1.82, 2.24) is 14.9 Å². The lowest BCUT2D eigenvalue weighted by Crippen LogP contribution is -2.74. The predicted molar refractivity (Wildman–Crippen MR) is 175 cm³/mol. The van der Waals surface area contributed by atoms with Crippen LogP contribution in [0.3, 0.4) is 0 Å². The van der Waals surface area contributed by atoms with Crippen molar-refractivity contribution in [3.8, 4) is 0 Å². The number of hydrogen-bond acceptors (Lipinski definition) is 9. The molecule has 1 aliphatic rings. The van der Waals surface area contributed by atoms with Crippen molar-refractivity contribution in [3.05, 3.63) is 74.1 Å². The number of nitrogens with zero attached hydrogens (tertiary/aromatic N) is 1. The van der Waals surface area contributed by atoms with E-state index in [2.05, 4.69) is 9.84 Å². The van der Waals surface area contributed by atoms with E-state index in [9.17, 15) is 104 Å². The highest BCUT2D eigenvalue weighted by atomic mass is 35.9. The van der Waals surface area contributed by atoms with Crippen LogP contribution < -0.4 is 16.6 Å². The SMILES string of the molecule is O=C(NC/C=C/c1cn([C@@H]2O[C@H](COP(=O)(Cl)Cl)[C@@H](O)[C@H]2O)c(=O)[nH]c1=O)OCc1ccc(CCC(F)(F)C(F)(F)C(F)(F)C(F)(F)C(F)(F)C(F)(F)C(F)(F)C(F)(F)F)cc1. The zero-order valence-corrected chi connectivity index (χ0v) is 32.1. The van der Waals surface area contributed by atoms with Crippen LogP contribution in [0, 0.1) is 0 Å². The maximum atomic E-state index is 14.3. The number of amides is 1. The minimum atomic E-state index is -8.72. The molecule has 0 radical (unpaired) electrons. The van der Waals surface area contributed by atoms with Crippen LogP contribution in [0.1, 0.15) is 29.3 Å². The summed E-state index contributed by atoms with van der Waals surface area (Å²) in [6, 6.07) is 3.40. The van der Waals surface area contributed by atoms with Crippen LogP contribution in [0.2, 0.25) is 0 Å². The Hall–Kier alpha value is -3.63. The van der Waals surface area contributed by atoms with Crippen LogP contribution in [0.15, 0.2) is 46.1 Å². The van der Waals surface area contributed by atoms with E-state index in [1.165, 1.54) is 0 Å². The first-order valence-electron chi connectivity index (χ1n) is 16.3. The molecular weight excluding hydrogens is 971 g/mol. The highest BCUT2D eigenvalue weighted by molar-refractivity contribution is 8.05. The molecular formula is C30H25Cl2F17N3O9P. The lowest BCUT2D eigenvalue weighted by Gasteiger charge is -2.42. The summed E-state index contributed by atoms with van der Waals surface area (Å²) in [4.78, 5) is 38.6. The van der Waals surface area contributed by atoms with Gasteiger partial charge in [-0.2, -0.15) is 74.6 Å². The summed E-state index contributed by atoms with van der Waals surface area (Å²) in [7, 11) is 0. The molecule has 2 aromatic rings. The summed E-state index contributed by atoms with van der Waals surface area (Å²) in [5.41, 5.74) is -2.90. The van der Waals surface area contributed by atoms with Gasteiger partial charge in [0.25, 0.3) is 5.56 Å². The van der Waals surface area contributed by atoms with E-state index in [0.29, 0.717) is 4.57 Å². The first kappa shape index (κ1) is 52.7. The number of ether oxygens (including phenoxy) is 2. The Bertz CT molecular complexity index is 2120. The molecule has 1 aliphatic heterocycles. The number of carbonyl (C=O) groups is 1. The van der Waals surface area contributed by atoms with E-state index >= 15 is 0 Å². The summed E-state index contributed by atoms with van der Waals surface area (Å²) in [5.74, 6) is -57.0. The van der Waals surface area contributed by atoms with Crippen molar-refractivity contribution in [2.75, 3.05) is 13.2 Å². The Balaban J connectivity index is 1.59. The van der Waals surface area contributed by atoms with Gasteiger partial charge in [-0.05, 0) is 40.0 Å². The standard InChI is InChI=1S/C30H25Cl2F17N3O9P/c31-62(32,58)60-12-16-17(53)18(54)20(61-16)52-10-15(19(55)51-21(52)56)2-1-9-50-22(57)59-11-14-5-3-13(4-6-14)7-8-23(33,34)24(35,36)25(37,38)26(39,40)27(41,42)28(43,44)29(45,46)30(47,48)49/h1-6,10,16-18,20,53-54H,7-9,11-12H2,(H,50,57)(H,51,55,56)/b2-1+/t16-,17-,18-,20-/m1/s1. The number of halogens is 19. The molecule has 3 rings (SSSR count). The molecule has 1 saturated heterocycles. The van der Waals surface area contributed by atoms with Crippen LogP contribution in [0.25, 0.3) is 6.08 Å². The zero-order chi connectivity index (χ0) is 47.9. The van der Waals surface area contributed by atoms with Crippen molar-refractivity contribution in [2.24, 2.45) is 0 Å². The van der Waals surface area contributed by atoms with Gasteiger partial charge in [0.05, 0.1) is 12.2 Å². The molecule has 12 nitrogen and oxygen atoms in total. The molecule has 0 aliphatic carbocycles. The fourth-order valence-electron chi connectivity index (χ4n) is 5.05. The third-order valence-electron chi connectivity index (χ3n) is 8.57. The topological polar surface area (TPSA) is 169 Å². The molecule has 1 amide bonds. The summed E-state index contributed by atoms with van der Waals surface area (Å²) in [6.07, 6.45) is -20.7. The fraction of sp³-hybridized carbons (Fsp3) is 0.567. The van der Waals surface area contributed by atoms with E-state index in [4.69, 9.17) is 32.0 Å². The average molecular weight is 996 g/mol. The number of carbonyl (C=O) groups excluding carboxylic acids is 1. The minimum absolute atomic E-state index is 0.00937. The molecule has 4 atom stereocenters. The van der Waals surface area contributed by atoms with Crippen molar-refractivity contribution >= 4 is 40.7 Å². The molecule has 62 heavy (non-hydrogen) atoms. The van der Waals surface area contributed by atoms with Gasteiger partial charge in [-0.3, -0.25) is 18.9 Å². The summed E-state index contributed by atoms with van der Waals surface area (Å²) in [6.45, 7) is -1.72. The monoisotopic (exact) mass is 995 g/mol. The number of H-pyrrole nitrogens is 1. The number of aliphatic hydroxyl groups is 2. The second kappa shape index (κ2) is 18.1. The molecule has 2 heterocycles. The van der Waals surface area contributed by atoms with E-state index in [0.717, 1.165) is 42.6 Å². The lowest BCUT2D eigenvalue weighted by atomic mass is 9.87. The quantitative estimate of drug-likeness (QED) is 0.0867. The number of benzene rings is 1.